The van der Waals surface area contributed by atoms with E-state index in [4.69, 9.17) is 0 Å². The molecule has 1 amide bonds. The van der Waals surface area contributed by atoms with Gasteiger partial charge in [0.2, 0.25) is 0 Å². The van der Waals surface area contributed by atoms with Gasteiger partial charge in [0.05, 0.1) is 5.69 Å². The van der Waals surface area contributed by atoms with Crippen LogP contribution in [0.1, 0.15) is 29.6 Å². The molecule has 2 heterocycles. The van der Waals surface area contributed by atoms with Crippen molar-refractivity contribution in [2.45, 2.75) is 19.3 Å². The van der Waals surface area contributed by atoms with Crippen molar-refractivity contribution in [2.24, 2.45) is 0 Å². The summed E-state index contributed by atoms with van der Waals surface area (Å²) in [5.41, 5.74) is 3.16. The Kier molecular flexibility index (Phi) is 5.67. The molecule has 142 valence electrons. The van der Waals surface area contributed by atoms with Crippen LogP contribution in [0.5, 0.6) is 0 Å². The lowest BCUT2D eigenvalue weighted by Gasteiger charge is -2.27. The Balaban J connectivity index is 1.42. The summed E-state index contributed by atoms with van der Waals surface area (Å²) in [7, 11) is 0. The van der Waals surface area contributed by atoms with E-state index in [-0.39, 0.29) is 5.91 Å². The average Bonchev–Trinajstić information content (AvgIpc) is 2.75. The monoisotopic (exact) mass is 436 g/mol. The standard InChI is InChI=1S/C22H21BrN4O/c23-18-8-4-17(5-9-18)22(28)24-19-10-6-16(7-11-19)20-12-13-21(26-25-20)27-14-2-1-3-15-27/h4-13H,1-3,14-15H2,(H,24,28). The minimum Gasteiger partial charge on any atom is -0.355 e. The second-order valence-electron chi connectivity index (χ2n) is 6.86. The zero-order valence-corrected chi connectivity index (χ0v) is 17.0. The number of piperidine rings is 1. The summed E-state index contributed by atoms with van der Waals surface area (Å²) in [6.07, 6.45) is 3.74. The van der Waals surface area contributed by atoms with Crippen molar-refractivity contribution >= 4 is 33.3 Å². The molecular formula is C22H21BrN4O. The van der Waals surface area contributed by atoms with Gasteiger partial charge in [-0.05, 0) is 67.8 Å². The molecule has 3 aromatic rings. The van der Waals surface area contributed by atoms with Crippen LogP contribution in [-0.4, -0.2) is 29.2 Å². The molecule has 1 aromatic heterocycles. The number of hydrogen-bond acceptors (Lipinski definition) is 4. The Morgan fingerprint density at radius 3 is 2.21 bits per heavy atom. The molecule has 5 nitrogen and oxygen atoms in total. The smallest absolute Gasteiger partial charge is 0.255 e. The summed E-state index contributed by atoms with van der Waals surface area (Å²) in [4.78, 5) is 14.6. The average molecular weight is 437 g/mol. The number of carbonyl (C=O) groups excluding carboxylic acids is 1. The van der Waals surface area contributed by atoms with Gasteiger partial charge in [0, 0.05) is 34.4 Å². The number of nitrogens with one attached hydrogen (secondary N) is 1. The van der Waals surface area contributed by atoms with Gasteiger partial charge in [-0.3, -0.25) is 4.79 Å². The van der Waals surface area contributed by atoms with Crippen molar-refractivity contribution in [3.8, 4) is 11.3 Å². The number of anilines is 2. The molecule has 0 saturated carbocycles. The van der Waals surface area contributed by atoms with Gasteiger partial charge in [-0.2, -0.15) is 0 Å². The highest BCUT2D eigenvalue weighted by Crippen LogP contribution is 2.22. The molecule has 1 aliphatic heterocycles. The Bertz CT molecular complexity index is 934. The number of hydrogen-bond donors (Lipinski definition) is 1. The third kappa shape index (κ3) is 4.39. The lowest BCUT2D eigenvalue weighted by Crippen LogP contribution is -2.30. The van der Waals surface area contributed by atoms with Gasteiger partial charge >= 0.3 is 0 Å². The first kappa shape index (κ1) is 18.6. The van der Waals surface area contributed by atoms with Gasteiger partial charge in [-0.1, -0.05) is 28.1 Å². The molecule has 6 heteroatoms. The minimum absolute atomic E-state index is 0.133. The molecule has 0 aliphatic carbocycles. The summed E-state index contributed by atoms with van der Waals surface area (Å²) in [5.74, 6) is 0.813. The molecule has 0 bridgehead atoms. The maximum absolute atomic E-state index is 12.3. The van der Waals surface area contributed by atoms with Gasteiger partial charge in [0.1, 0.15) is 0 Å². The fourth-order valence-electron chi connectivity index (χ4n) is 3.30. The maximum atomic E-state index is 12.3. The van der Waals surface area contributed by atoms with E-state index in [0.717, 1.165) is 40.3 Å². The quantitative estimate of drug-likeness (QED) is 0.614. The molecule has 0 radical (unpaired) electrons. The SMILES string of the molecule is O=C(Nc1ccc(-c2ccc(N3CCCCC3)nn2)cc1)c1ccc(Br)cc1. The van der Waals surface area contributed by atoms with E-state index in [1.54, 1.807) is 12.1 Å². The largest absolute Gasteiger partial charge is 0.355 e. The van der Waals surface area contributed by atoms with E-state index >= 15 is 0 Å². The van der Waals surface area contributed by atoms with Crippen LogP contribution >= 0.6 is 15.9 Å². The van der Waals surface area contributed by atoms with Crippen molar-refractivity contribution in [3.63, 3.8) is 0 Å². The van der Waals surface area contributed by atoms with E-state index in [9.17, 15) is 4.79 Å². The molecule has 1 fully saturated rings. The molecule has 1 N–H and O–H groups in total. The third-order valence-corrected chi connectivity index (χ3v) is 5.40. The summed E-state index contributed by atoms with van der Waals surface area (Å²) >= 11 is 3.37. The van der Waals surface area contributed by atoms with E-state index in [1.807, 2.05) is 48.5 Å². The Labute approximate surface area is 172 Å². The van der Waals surface area contributed by atoms with Crippen molar-refractivity contribution in [2.75, 3.05) is 23.3 Å². The van der Waals surface area contributed by atoms with E-state index in [1.165, 1.54) is 19.3 Å². The van der Waals surface area contributed by atoms with Crippen LogP contribution in [0, 0.1) is 0 Å². The molecule has 1 aliphatic rings. The van der Waals surface area contributed by atoms with Crippen LogP contribution in [0.2, 0.25) is 0 Å². The van der Waals surface area contributed by atoms with Crippen LogP contribution in [0.25, 0.3) is 11.3 Å². The number of amides is 1. The summed E-state index contributed by atoms with van der Waals surface area (Å²) in [6.45, 7) is 2.11. The zero-order chi connectivity index (χ0) is 19.3. The van der Waals surface area contributed by atoms with Crippen molar-refractivity contribution in [1.29, 1.82) is 0 Å². The molecule has 0 atom stereocenters. The van der Waals surface area contributed by atoms with E-state index in [2.05, 4.69) is 36.3 Å². The topological polar surface area (TPSA) is 58.1 Å². The predicted octanol–water partition coefficient (Wildman–Crippen LogP) is 5.15. The second-order valence-corrected chi connectivity index (χ2v) is 7.78. The number of nitrogens with zero attached hydrogens (tertiary/aromatic N) is 3. The van der Waals surface area contributed by atoms with Gasteiger partial charge in [0.25, 0.3) is 5.91 Å². The van der Waals surface area contributed by atoms with Crippen molar-refractivity contribution in [3.05, 3.63) is 70.7 Å². The summed E-state index contributed by atoms with van der Waals surface area (Å²) < 4.78 is 0.945. The third-order valence-electron chi connectivity index (χ3n) is 4.88. The number of rotatable bonds is 4. The number of carbonyl (C=O) groups is 1. The van der Waals surface area contributed by atoms with Crippen LogP contribution in [0.15, 0.2) is 65.1 Å². The number of halogens is 1. The highest BCUT2D eigenvalue weighted by atomic mass is 79.9. The highest BCUT2D eigenvalue weighted by molar-refractivity contribution is 9.10. The fraction of sp³-hybridized carbons (Fsp3) is 0.227. The lowest BCUT2D eigenvalue weighted by atomic mass is 10.1. The van der Waals surface area contributed by atoms with Crippen LogP contribution < -0.4 is 10.2 Å². The van der Waals surface area contributed by atoms with Gasteiger partial charge in [0.15, 0.2) is 5.82 Å². The normalized spacial score (nSPS) is 14.0. The molecule has 4 rings (SSSR count). The van der Waals surface area contributed by atoms with Gasteiger partial charge in [-0.25, -0.2) is 0 Å². The van der Waals surface area contributed by atoms with Gasteiger partial charge in [-0.15, -0.1) is 10.2 Å². The number of aromatic nitrogens is 2. The van der Waals surface area contributed by atoms with Gasteiger partial charge < -0.3 is 10.2 Å². The van der Waals surface area contributed by atoms with Crippen LogP contribution in [0.4, 0.5) is 11.5 Å². The minimum atomic E-state index is -0.133. The lowest BCUT2D eigenvalue weighted by molar-refractivity contribution is 0.102. The Morgan fingerprint density at radius 2 is 1.57 bits per heavy atom. The Hall–Kier alpha value is -2.73. The maximum Gasteiger partial charge on any atom is 0.255 e. The highest BCUT2D eigenvalue weighted by Gasteiger charge is 2.13. The first-order valence-electron chi connectivity index (χ1n) is 9.45. The van der Waals surface area contributed by atoms with E-state index < -0.39 is 0 Å². The fourth-order valence-corrected chi connectivity index (χ4v) is 3.56. The Morgan fingerprint density at radius 1 is 0.857 bits per heavy atom. The summed E-state index contributed by atoms with van der Waals surface area (Å²) in [5, 5.41) is 11.7. The number of benzene rings is 2. The second kappa shape index (κ2) is 8.52. The molecular weight excluding hydrogens is 416 g/mol. The molecule has 0 unspecified atom stereocenters. The van der Waals surface area contributed by atoms with Crippen molar-refractivity contribution in [1.82, 2.24) is 10.2 Å². The van der Waals surface area contributed by atoms with Crippen molar-refractivity contribution < 1.29 is 4.79 Å². The van der Waals surface area contributed by atoms with E-state index in [0.29, 0.717) is 5.56 Å². The summed E-state index contributed by atoms with van der Waals surface area (Å²) in [6, 6.07) is 19.0. The molecule has 1 saturated heterocycles. The van der Waals surface area contributed by atoms with Crippen LogP contribution in [0.3, 0.4) is 0 Å². The zero-order valence-electron chi connectivity index (χ0n) is 15.4. The first-order chi connectivity index (χ1) is 13.7. The molecule has 28 heavy (non-hydrogen) atoms. The van der Waals surface area contributed by atoms with Crippen LogP contribution in [-0.2, 0) is 0 Å². The molecule has 0 spiro atoms. The first-order valence-corrected chi connectivity index (χ1v) is 10.2. The molecule has 2 aromatic carbocycles. The predicted molar refractivity (Wildman–Crippen MR) is 116 cm³/mol.